The fraction of sp³-hybridized carbons (Fsp3) is 0.294. The topological polar surface area (TPSA) is 54.0 Å². The maximum absolute atomic E-state index is 12.5. The van der Waals surface area contributed by atoms with Gasteiger partial charge in [0, 0.05) is 30.8 Å². The van der Waals surface area contributed by atoms with Gasteiger partial charge >= 0.3 is 0 Å². The van der Waals surface area contributed by atoms with Crippen LogP contribution in [0.3, 0.4) is 0 Å². The number of carbonyl (C=O) groups is 1. The third-order valence-electron chi connectivity index (χ3n) is 3.50. The highest BCUT2D eigenvalue weighted by Gasteiger charge is 2.15. The molecule has 0 spiro atoms. The second-order valence-electron chi connectivity index (χ2n) is 5.32. The van der Waals surface area contributed by atoms with Crippen LogP contribution < -0.4 is 10.6 Å². The summed E-state index contributed by atoms with van der Waals surface area (Å²) in [5.74, 6) is 0.196. The van der Waals surface area contributed by atoms with Gasteiger partial charge in [-0.2, -0.15) is 0 Å². The van der Waals surface area contributed by atoms with Gasteiger partial charge in [-0.1, -0.05) is 32.0 Å². The Morgan fingerprint density at radius 1 is 1.24 bits per heavy atom. The third kappa shape index (κ3) is 3.21. The predicted molar refractivity (Wildman–Crippen MR) is 87.0 cm³/mol. The van der Waals surface area contributed by atoms with Crippen molar-refractivity contribution < 1.29 is 4.79 Å². The van der Waals surface area contributed by atoms with Gasteiger partial charge < -0.3 is 10.6 Å². The summed E-state index contributed by atoms with van der Waals surface area (Å²) in [7, 11) is 1.79. The van der Waals surface area contributed by atoms with E-state index in [1.54, 1.807) is 25.5 Å². The first kappa shape index (κ1) is 15.0. The maximum Gasteiger partial charge on any atom is 0.259 e. The standard InChI is InChI=1S/C17H21N3O/c1-11(2)13-7-5-6-12(3)16(13)20-17(21)14-10-19-9-8-15(14)18-4/h5-11H,1-4H3,(H,18,19)(H,20,21). The number of aromatic nitrogens is 1. The van der Waals surface area contributed by atoms with E-state index in [-0.39, 0.29) is 5.91 Å². The van der Waals surface area contributed by atoms with Crippen LogP contribution in [0.2, 0.25) is 0 Å². The van der Waals surface area contributed by atoms with Crippen LogP contribution >= 0.6 is 0 Å². The van der Waals surface area contributed by atoms with E-state index in [1.165, 1.54) is 0 Å². The fourth-order valence-electron chi connectivity index (χ4n) is 2.32. The van der Waals surface area contributed by atoms with Crippen LogP contribution in [-0.4, -0.2) is 17.9 Å². The minimum absolute atomic E-state index is 0.149. The van der Waals surface area contributed by atoms with E-state index in [0.29, 0.717) is 11.5 Å². The molecule has 2 rings (SSSR count). The molecule has 0 saturated heterocycles. The molecule has 2 aromatic rings. The maximum atomic E-state index is 12.5. The van der Waals surface area contributed by atoms with Crippen molar-refractivity contribution in [2.75, 3.05) is 17.7 Å². The number of hydrogen-bond donors (Lipinski definition) is 2. The Labute approximate surface area is 125 Å². The number of benzene rings is 1. The van der Waals surface area contributed by atoms with Gasteiger partial charge in [0.15, 0.2) is 0 Å². The van der Waals surface area contributed by atoms with Gasteiger partial charge in [-0.05, 0) is 30.0 Å². The number of nitrogens with zero attached hydrogens (tertiary/aromatic N) is 1. The number of rotatable bonds is 4. The summed E-state index contributed by atoms with van der Waals surface area (Å²) in [5.41, 5.74) is 4.39. The molecular formula is C17H21N3O. The molecule has 0 unspecified atom stereocenters. The number of hydrogen-bond acceptors (Lipinski definition) is 3. The lowest BCUT2D eigenvalue weighted by Gasteiger charge is -2.17. The molecule has 2 N–H and O–H groups in total. The molecule has 1 aromatic carbocycles. The van der Waals surface area contributed by atoms with Crippen LogP contribution in [0.5, 0.6) is 0 Å². The number of pyridine rings is 1. The zero-order valence-corrected chi connectivity index (χ0v) is 12.9. The molecule has 0 saturated carbocycles. The van der Waals surface area contributed by atoms with Crippen molar-refractivity contribution in [3.63, 3.8) is 0 Å². The minimum atomic E-state index is -0.149. The highest BCUT2D eigenvalue weighted by atomic mass is 16.1. The van der Waals surface area contributed by atoms with E-state index in [2.05, 4.69) is 35.5 Å². The van der Waals surface area contributed by atoms with Crippen LogP contribution in [0.25, 0.3) is 0 Å². The van der Waals surface area contributed by atoms with Crippen LogP contribution in [-0.2, 0) is 0 Å². The minimum Gasteiger partial charge on any atom is -0.387 e. The van der Waals surface area contributed by atoms with E-state index in [1.807, 2.05) is 19.1 Å². The number of nitrogens with one attached hydrogen (secondary N) is 2. The zero-order valence-electron chi connectivity index (χ0n) is 12.9. The van der Waals surface area contributed by atoms with E-state index < -0.39 is 0 Å². The van der Waals surface area contributed by atoms with Gasteiger partial charge in [0.2, 0.25) is 0 Å². The van der Waals surface area contributed by atoms with Crippen molar-refractivity contribution in [1.82, 2.24) is 4.98 Å². The summed E-state index contributed by atoms with van der Waals surface area (Å²) in [6.45, 7) is 6.24. The molecule has 0 aliphatic carbocycles. The molecule has 0 aliphatic rings. The van der Waals surface area contributed by atoms with Crippen LogP contribution in [0.15, 0.2) is 36.7 Å². The predicted octanol–water partition coefficient (Wildman–Crippen LogP) is 3.81. The number of carbonyl (C=O) groups excluding carboxylic acids is 1. The van der Waals surface area contributed by atoms with Crippen LogP contribution in [0.4, 0.5) is 11.4 Å². The number of amides is 1. The van der Waals surface area contributed by atoms with Crippen molar-refractivity contribution in [3.8, 4) is 0 Å². The Bertz CT molecular complexity index is 650. The molecule has 110 valence electrons. The zero-order chi connectivity index (χ0) is 15.4. The molecule has 21 heavy (non-hydrogen) atoms. The molecule has 0 radical (unpaired) electrons. The lowest BCUT2D eigenvalue weighted by atomic mass is 9.98. The molecule has 1 heterocycles. The van der Waals surface area contributed by atoms with Crippen molar-refractivity contribution in [1.29, 1.82) is 0 Å². The molecule has 0 fully saturated rings. The summed E-state index contributed by atoms with van der Waals surface area (Å²) in [6, 6.07) is 7.86. The summed E-state index contributed by atoms with van der Waals surface area (Å²) in [4.78, 5) is 16.6. The monoisotopic (exact) mass is 283 g/mol. The Balaban J connectivity index is 2.36. The van der Waals surface area contributed by atoms with Gasteiger partial charge in [0.05, 0.1) is 5.56 Å². The summed E-state index contributed by atoms with van der Waals surface area (Å²) >= 11 is 0. The molecule has 4 nitrogen and oxygen atoms in total. The van der Waals surface area contributed by atoms with Crippen molar-refractivity contribution in [2.45, 2.75) is 26.7 Å². The highest BCUT2D eigenvalue weighted by Crippen LogP contribution is 2.28. The molecule has 1 amide bonds. The third-order valence-corrected chi connectivity index (χ3v) is 3.50. The normalized spacial score (nSPS) is 10.5. The SMILES string of the molecule is CNc1ccncc1C(=O)Nc1c(C)cccc1C(C)C. The van der Waals surface area contributed by atoms with E-state index in [0.717, 1.165) is 22.5 Å². The van der Waals surface area contributed by atoms with Gasteiger partial charge in [-0.3, -0.25) is 9.78 Å². The Morgan fingerprint density at radius 2 is 2.00 bits per heavy atom. The summed E-state index contributed by atoms with van der Waals surface area (Å²) < 4.78 is 0. The first-order chi connectivity index (χ1) is 10.0. The molecule has 4 heteroatoms. The number of para-hydroxylation sites is 1. The average molecular weight is 283 g/mol. The quantitative estimate of drug-likeness (QED) is 0.897. The molecular weight excluding hydrogens is 262 g/mol. The fourth-order valence-corrected chi connectivity index (χ4v) is 2.32. The second-order valence-corrected chi connectivity index (χ2v) is 5.32. The second kappa shape index (κ2) is 6.39. The van der Waals surface area contributed by atoms with E-state index in [9.17, 15) is 4.79 Å². The van der Waals surface area contributed by atoms with E-state index in [4.69, 9.17) is 0 Å². The van der Waals surface area contributed by atoms with Crippen molar-refractivity contribution in [3.05, 3.63) is 53.3 Å². The van der Waals surface area contributed by atoms with Gasteiger partial charge in [0.25, 0.3) is 5.91 Å². The van der Waals surface area contributed by atoms with Gasteiger partial charge in [-0.15, -0.1) is 0 Å². The number of aryl methyl sites for hydroxylation is 1. The van der Waals surface area contributed by atoms with Crippen LogP contribution in [0, 0.1) is 6.92 Å². The highest BCUT2D eigenvalue weighted by molar-refractivity contribution is 6.08. The lowest BCUT2D eigenvalue weighted by Crippen LogP contribution is -2.16. The number of anilines is 2. The summed E-state index contributed by atoms with van der Waals surface area (Å²) in [5, 5.41) is 6.05. The van der Waals surface area contributed by atoms with E-state index >= 15 is 0 Å². The average Bonchev–Trinajstić information content (AvgIpc) is 2.48. The molecule has 1 aromatic heterocycles. The Hall–Kier alpha value is -2.36. The first-order valence-corrected chi connectivity index (χ1v) is 7.07. The van der Waals surface area contributed by atoms with Crippen molar-refractivity contribution >= 4 is 17.3 Å². The Morgan fingerprint density at radius 3 is 2.67 bits per heavy atom. The Kier molecular flexibility index (Phi) is 4.58. The lowest BCUT2D eigenvalue weighted by molar-refractivity contribution is 0.102. The smallest absolute Gasteiger partial charge is 0.259 e. The largest absolute Gasteiger partial charge is 0.387 e. The van der Waals surface area contributed by atoms with Gasteiger partial charge in [-0.25, -0.2) is 0 Å². The van der Waals surface area contributed by atoms with Crippen LogP contribution in [0.1, 0.15) is 41.3 Å². The summed E-state index contributed by atoms with van der Waals surface area (Å²) in [6.07, 6.45) is 3.24. The molecule has 0 bridgehead atoms. The first-order valence-electron chi connectivity index (χ1n) is 7.07. The van der Waals surface area contributed by atoms with Crippen molar-refractivity contribution in [2.24, 2.45) is 0 Å². The molecule has 0 aliphatic heterocycles. The molecule has 0 atom stereocenters. The van der Waals surface area contributed by atoms with Gasteiger partial charge in [0.1, 0.15) is 0 Å².